The van der Waals surface area contributed by atoms with Crippen molar-refractivity contribution in [1.82, 2.24) is 0 Å². The largest absolute Gasteiger partial charge is 0.480 e. The lowest BCUT2D eigenvalue weighted by atomic mass is 10.2. The number of hydrogen-bond donors (Lipinski definition) is 4. The van der Waals surface area contributed by atoms with Crippen LogP contribution in [0.2, 0.25) is 0 Å². The fraction of sp³-hybridized carbons (Fsp3) is 0.800. The minimum absolute atomic E-state index is 0.0529. The van der Waals surface area contributed by atoms with E-state index in [9.17, 15) is 13.2 Å². The Morgan fingerprint density at radius 2 is 2.08 bits per heavy atom. The summed E-state index contributed by atoms with van der Waals surface area (Å²) in [6.45, 7) is 0. The number of carboxylic acids is 1. The van der Waals surface area contributed by atoms with Gasteiger partial charge in [-0.05, 0) is 18.4 Å². The van der Waals surface area contributed by atoms with Gasteiger partial charge in [0.2, 0.25) is 0 Å². The molecule has 0 aliphatic rings. The maximum atomic E-state index is 10.5. The molecular formula is C5H13NO5S2. The van der Waals surface area contributed by atoms with Crippen LogP contribution >= 0.6 is 9.93 Å². The maximum absolute atomic E-state index is 10.5. The normalized spacial score (nSPS) is 17.9. The molecule has 2 atom stereocenters. The van der Waals surface area contributed by atoms with Gasteiger partial charge in [-0.25, -0.2) is 0 Å². The summed E-state index contributed by atoms with van der Waals surface area (Å²) in [7, 11) is -5.60. The summed E-state index contributed by atoms with van der Waals surface area (Å²) in [5.74, 6) is -1.07. The van der Waals surface area contributed by atoms with Crippen LogP contribution in [0.25, 0.3) is 0 Å². The highest BCUT2D eigenvalue weighted by molar-refractivity contribution is 8.78. The third kappa shape index (κ3) is 5.09. The first-order valence-corrected chi connectivity index (χ1v) is 7.44. The Kier molecular flexibility index (Phi) is 4.68. The van der Waals surface area contributed by atoms with Gasteiger partial charge in [-0.15, -0.1) is 9.93 Å². The molecule has 80 valence electrons. The Balaban J connectivity index is 3.98. The van der Waals surface area contributed by atoms with Gasteiger partial charge in [-0.3, -0.25) is 9.35 Å². The van der Waals surface area contributed by atoms with Crippen molar-refractivity contribution >= 4 is 25.0 Å². The molecule has 0 aliphatic heterocycles. The van der Waals surface area contributed by atoms with Crippen LogP contribution in [0.4, 0.5) is 0 Å². The predicted octanol–water partition coefficient (Wildman–Crippen LogP) is -0.778. The van der Waals surface area contributed by atoms with Gasteiger partial charge in [-0.2, -0.15) is 8.42 Å². The molecule has 0 amide bonds. The molecule has 0 radical (unpaired) electrons. The van der Waals surface area contributed by atoms with Crippen molar-refractivity contribution in [2.24, 2.45) is 5.73 Å². The van der Waals surface area contributed by atoms with Crippen molar-refractivity contribution in [3.8, 4) is 0 Å². The highest BCUT2D eigenvalue weighted by atomic mass is 33.2. The van der Waals surface area contributed by atoms with Crippen molar-refractivity contribution in [3.05, 3.63) is 0 Å². The summed E-state index contributed by atoms with van der Waals surface area (Å²) in [6.07, 6.45) is 1.41. The third-order valence-electron chi connectivity index (χ3n) is 1.47. The second kappa shape index (κ2) is 4.80. The third-order valence-corrected chi connectivity index (χ3v) is 6.05. The van der Waals surface area contributed by atoms with E-state index in [1.54, 1.807) is 0 Å². The van der Waals surface area contributed by atoms with Crippen molar-refractivity contribution in [2.45, 2.75) is 12.5 Å². The van der Waals surface area contributed by atoms with Gasteiger partial charge < -0.3 is 10.8 Å². The fourth-order valence-electron chi connectivity index (χ4n) is 0.560. The lowest BCUT2D eigenvalue weighted by Gasteiger charge is -2.13. The summed E-state index contributed by atoms with van der Waals surface area (Å²) < 4.78 is 29.6. The van der Waals surface area contributed by atoms with E-state index in [2.05, 4.69) is 0 Å². The Bertz CT molecular complexity index is 275. The SMILES string of the molecule is C[SH](CC[C@H](N)C(=O)O)S(=O)(=O)O. The van der Waals surface area contributed by atoms with E-state index in [4.69, 9.17) is 15.4 Å². The van der Waals surface area contributed by atoms with Crippen LogP contribution in [0.3, 0.4) is 0 Å². The van der Waals surface area contributed by atoms with Gasteiger partial charge in [0.25, 0.3) is 9.15 Å². The number of aliphatic carboxylic acids is 1. The van der Waals surface area contributed by atoms with Crippen LogP contribution in [-0.4, -0.2) is 42.1 Å². The molecule has 0 aromatic rings. The molecule has 0 rings (SSSR count). The zero-order chi connectivity index (χ0) is 10.6. The Morgan fingerprint density at radius 1 is 1.62 bits per heavy atom. The number of carboxylic acid groups (broad SMARTS) is 1. The number of hydrogen-bond acceptors (Lipinski definition) is 4. The summed E-state index contributed by atoms with van der Waals surface area (Å²) in [6, 6.07) is -1.06. The second-order valence-corrected chi connectivity index (χ2v) is 8.39. The van der Waals surface area contributed by atoms with E-state index >= 15 is 0 Å². The Morgan fingerprint density at radius 3 is 2.38 bits per heavy atom. The molecule has 0 aromatic heterocycles. The van der Waals surface area contributed by atoms with Gasteiger partial charge in [0.1, 0.15) is 6.04 Å². The molecule has 4 N–H and O–H groups in total. The Hall–Kier alpha value is -0.310. The fourth-order valence-corrected chi connectivity index (χ4v) is 2.44. The number of thiol groups is 1. The number of rotatable bonds is 5. The molecule has 1 unspecified atom stereocenters. The summed E-state index contributed by atoms with van der Waals surface area (Å²) >= 11 is 0. The van der Waals surface area contributed by atoms with Gasteiger partial charge in [0, 0.05) is 0 Å². The van der Waals surface area contributed by atoms with Crippen LogP contribution in [0.15, 0.2) is 0 Å². The summed E-state index contributed by atoms with van der Waals surface area (Å²) in [5.41, 5.74) is 5.14. The van der Waals surface area contributed by atoms with Crippen LogP contribution in [0.5, 0.6) is 0 Å². The van der Waals surface area contributed by atoms with Gasteiger partial charge in [-0.1, -0.05) is 0 Å². The Labute approximate surface area is 78.6 Å². The van der Waals surface area contributed by atoms with Crippen LogP contribution in [0.1, 0.15) is 6.42 Å². The van der Waals surface area contributed by atoms with Gasteiger partial charge in [0.05, 0.1) is 0 Å². The monoisotopic (exact) mass is 231 g/mol. The molecule has 0 spiro atoms. The second-order valence-electron chi connectivity index (χ2n) is 2.53. The highest BCUT2D eigenvalue weighted by Gasteiger charge is 2.17. The first-order valence-electron chi connectivity index (χ1n) is 3.42. The zero-order valence-electron chi connectivity index (χ0n) is 7.04. The quantitative estimate of drug-likeness (QED) is 0.280. The van der Waals surface area contributed by atoms with E-state index in [0.29, 0.717) is 0 Å². The molecule has 0 bridgehead atoms. The summed E-state index contributed by atoms with van der Waals surface area (Å²) in [4.78, 5) is 10.2. The van der Waals surface area contributed by atoms with E-state index in [-0.39, 0.29) is 12.2 Å². The smallest absolute Gasteiger partial charge is 0.320 e. The first-order chi connectivity index (χ1) is 5.75. The molecule has 6 nitrogen and oxygen atoms in total. The molecule has 0 heterocycles. The molecule has 13 heavy (non-hydrogen) atoms. The van der Waals surface area contributed by atoms with E-state index in [1.807, 2.05) is 0 Å². The zero-order valence-corrected chi connectivity index (χ0v) is 8.75. The molecule has 0 aromatic carbocycles. The van der Waals surface area contributed by atoms with Gasteiger partial charge >= 0.3 is 5.97 Å². The molecule has 0 saturated carbocycles. The van der Waals surface area contributed by atoms with Crippen LogP contribution in [-0.2, 0) is 13.9 Å². The van der Waals surface area contributed by atoms with Crippen molar-refractivity contribution < 1.29 is 22.9 Å². The number of nitrogens with two attached hydrogens (primary N) is 1. The van der Waals surface area contributed by atoms with Crippen LogP contribution in [0, 0.1) is 0 Å². The lowest BCUT2D eigenvalue weighted by molar-refractivity contribution is -0.138. The summed E-state index contributed by atoms with van der Waals surface area (Å²) in [5, 5.41) is 8.37. The minimum Gasteiger partial charge on any atom is -0.480 e. The lowest BCUT2D eigenvalue weighted by Crippen LogP contribution is -2.31. The van der Waals surface area contributed by atoms with Crippen molar-refractivity contribution in [2.75, 3.05) is 12.0 Å². The molecule has 0 saturated heterocycles. The van der Waals surface area contributed by atoms with Crippen molar-refractivity contribution in [1.29, 1.82) is 0 Å². The minimum atomic E-state index is -4.01. The maximum Gasteiger partial charge on any atom is 0.320 e. The van der Waals surface area contributed by atoms with E-state index in [0.717, 1.165) is 0 Å². The number of carbonyl (C=O) groups is 1. The molecule has 8 heteroatoms. The van der Waals surface area contributed by atoms with Crippen LogP contribution < -0.4 is 5.73 Å². The van der Waals surface area contributed by atoms with E-state index in [1.165, 1.54) is 6.26 Å². The average molecular weight is 231 g/mol. The topological polar surface area (TPSA) is 118 Å². The molecule has 0 fully saturated rings. The average Bonchev–Trinajstić information content (AvgIpc) is 1.97. The van der Waals surface area contributed by atoms with Crippen molar-refractivity contribution in [3.63, 3.8) is 0 Å². The predicted molar refractivity (Wildman–Crippen MR) is 51.6 cm³/mol. The standard InChI is InChI=1S/C5H13NO5S2/c1-12(13(9,10)11)3-2-4(6)5(7)8/h4,12H,2-3,6H2,1H3,(H,7,8)(H,9,10,11)/t4-/m0/s1. The van der Waals surface area contributed by atoms with Gasteiger partial charge in [0.15, 0.2) is 0 Å². The highest BCUT2D eigenvalue weighted by Crippen LogP contribution is 2.27. The molecule has 0 aliphatic carbocycles. The van der Waals surface area contributed by atoms with E-state index < -0.39 is 31.1 Å². The first kappa shape index (κ1) is 12.7. The molecular weight excluding hydrogens is 218 g/mol.